The van der Waals surface area contributed by atoms with Gasteiger partial charge in [0, 0.05) is 12.6 Å². The summed E-state index contributed by atoms with van der Waals surface area (Å²) >= 11 is 0. The van der Waals surface area contributed by atoms with Crippen molar-refractivity contribution in [1.82, 2.24) is 5.32 Å². The molecule has 0 spiro atoms. The van der Waals surface area contributed by atoms with Crippen LogP contribution in [0.25, 0.3) is 0 Å². The Balaban J connectivity index is 1.69. The Bertz CT molecular complexity index is 326. The molecule has 1 heterocycles. The quantitative estimate of drug-likeness (QED) is 0.740. The molecule has 0 bridgehead atoms. The van der Waals surface area contributed by atoms with Gasteiger partial charge < -0.3 is 19.9 Å². The molecular weight excluding hydrogens is 238 g/mol. The lowest BCUT2D eigenvalue weighted by Crippen LogP contribution is -2.50. The average molecular weight is 257 g/mol. The average Bonchev–Trinajstić information content (AvgIpc) is 2.75. The van der Waals surface area contributed by atoms with Gasteiger partial charge in [0.2, 0.25) is 5.91 Å². The molecule has 102 valence electrons. The van der Waals surface area contributed by atoms with Crippen LogP contribution in [0.1, 0.15) is 32.6 Å². The van der Waals surface area contributed by atoms with Crippen LogP contribution in [0, 0.1) is 0 Å². The lowest BCUT2D eigenvalue weighted by Gasteiger charge is -2.35. The Morgan fingerprint density at radius 2 is 2.00 bits per heavy atom. The lowest BCUT2D eigenvalue weighted by molar-refractivity contribution is -0.152. The van der Waals surface area contributed by atoms with Gasteiger partial charge in [0.1, 0.15) is 6.10 Å². The zero-order chi connectivity index (χ0) is 13.1. The number of rotatable bonds is 5. The Kier molecular flexibility index (Phi) is 4.19. The molecule has 0 aromatic rings. The maximum atomic E-state index is 11.8. The van der Waals surface area contributed by atoms with Crippen LogP contribution < -0.4 is 5.32 Å². The molecule has 1 saturated heterocycles. The van der Waals surface area contributed by atoms with E-state index in [1.807, 2.05) is 6.92 Å². The summed E-state index contributed by atoms with van der Waals surface area (Å²) in [5.74, 6) is -1.19. The molecule has 6 heteroatoms. The first-order valence-electron chi connectivity index (χ1n) is 6.40. The van der Waals surface area contributed by atoms with Crippen LogP contribution in [0.4, 0.5) is 0 Å². The second kappa shape index (κ2) is 5.67. The van der Waals surface area contributed by atoms with E-state index in [0.717, 1.165) is 12.8 Å². The summed E-state index contributed by atoms with van der Waals surface area (Å²) in [7, 11) is 0. The van der Waals surface area contributed by atoms with E-state index < -0.39 is 18.2 Å². The van der Waals surface area contributed by atoms with Crippen molar-refractivity contribution in [3.8, 4) is 0 Å². The number of aliphatic carboxylic acids is 1. The largest absolute Gasteiger partial charge is 0.479 e. The number of hydrogen-bond acceptors (Lipinski definition) is 4. The second-order valence-corrected chi connectivity index (χ2v) is 4.78. The van der Waals surface area contributed by atoms with Gasteiger partial charge >= 0.3 is 5.97 Å². The van der Waals surface area contributed by atoms with Crippen molar-refractivity contribution in [2.45, 2.75) is 57.0 Å². The van der Waals surface area contributed by atoms with Gasteiger partial charge in [0.25, 0.3) is 0 Å². The molecule has 1 aliphatic carbocycles. The number of carboxylic acid groups (broad SMARTS) is 1. The molecule has 2 fully saturated rings. The minimum absolute atomic E-state index is 0.140. The predicted octanol–water partition coefficient (Wildman–Crippen LogP) is 0.302. The molecule has 0 aromatic carbocycles. The minimum atomic E-state index is -0.995. The third kappa shape index (κ3) is 3.00. The first-order valence-corrected chi connectivity index (χ1v) is 6.40. The molecule has 2 N–H and O–H groups in total. The number of hydrogen-bond donors (Lipinski definition) is 2. The Morgan fingerprint density at radius 1 is 1.33 bits per heavy atom. The third-order valence-electron chi connectivity index (χ3n) is 3.43. The van der Waals surface area contributed by atoms with E-state index in [2.05, 4.69) is 5.32 Å². The van der Waals surface area contributed by atoms with Gasteiger partial charge in [0.15, 0.2) is 6.10 Å². The molecule has 0 aromatic heterocycles. The monoisotopic (exact) mass is 257 g/mol. The van der Waals surface area contributed by atoms with Gasteiger partial charge in [-0.3, -0.25) is 4.79 Å². The van der Waals surface area contributed by atoms with E-state index in [4.69, 9.17) is 14.6 Å². The van der Waals surface area contributed by atoms with E-state index in [9.17, 15) is 9.59 Å². The molecule has 2 aliphatic rings. The highest BCUT2D eigenvalue weighted by Gasteiger charge is 2.37. The summed E-state index contributed by atoms with van der Waals surface area (Å²) in [6.45, 7) is 2.64. The van der Waals surface area contributed by atoms with Crippen LogP contribution in [0.3, 0.4) is 0 Å². The number of ether oxygens (including phenoxy) is 2. The van der Waals surface area contributed by atoms with Crippen molar-refractivity contribution in [1.29, 1.82) is 0 Å². The minimum Gasteiger partial charge on any atom is -0.479 e. The zero-order valence-electron chi connectivity index (χ0n) is 10.4. The number of carbonyl (C=O) groups is 2. The maximum absolute atomic E-state index is 11.8. The molecule has 0 unspecified atom stereocenters. The third-order valence-corrected chi connectivity index (χ3v) is 3.43. The highest BCUT2D eigenvalue weighted by molar-refractivity contribution is 5.82. The van der Waals surface area contributed by atoms with Crippen molar-refractivity contribution >= 4 is 11.9 Å². The van der Waals surface area contributed by atoms with E-state index in [1.165, 1.54) is 0 Å². The zero-order valence-corrected chi connectivity index (χ0v) is 10.4. The molecule has 6 nitrogen and oxygen atoms in total. The summed E-state index contributed by atoms with van der Waals surface area (Å²) in [6, 6.07) is 0.140. The number of carboxylic acids is 1. The fourth-order valence-corrected chi connectivity index (χ4v) is 2.36. The van der Waals surface area contributed by atoms with Gasteiger partial charge in [-0.05, 0) is 32.6 Å². The molecule has 1 aliphatic heterocycles. The fraction of sp³-hybridized carbons (Fsp3) is 0.833. The van der Waals surface area contributed by atoms with Crippen molar-refractivity contribution < 1.29 is 24.2 Å². The highest BCUT2D eigenvalue weighted by Crippen LogP contribution is 2.25. The SMILES string of the molecule is CCOC1CC(NC(=O)[C@@H]2CC[C@H](C(=O)O)O2)C1. The summed E-state index contributed by atoms with van der Waals surface area (Å²) in [5.41, 5.74) is 0. The molecular formula is C12H19NO5. The summed E-state index contributed by atoms with van der Waals surface area (Å²) < 4.78 is 10.6. The number of amides is 1. The van der Waals surface area contributed by atoms with E-state index in [-0.39, 0.29) is 18.1 Å². The normalized spacial score (nSPS) is 34.9. The van der Waals surface area contributed by atoms with Gasteiger partial charge in [-0.2, -0.15) is 0 Å². The van der Waals surface area contributed by atoms with Crippen LogP contribution in [0.2, 0.25) is 0 Å². The van der Waals surface area contributed by atoms with Crippen LogP contribution in [0.15, 0.2) is 0 Å². The first-order chi connectivity index (χ1) is 8.60. The summed E-state index contributed by atoms with van der Waals surface area (Å²) in [4.78, 5) is 22.5. The molecule has 18 heavy (non-hydrogen) atoms. The molecule has 2 atom stereocenters. The topological polar surface area (TPSA) is 84.9 Å². The number of carbonyl (C=O) groups excluding carboxylic acids is 1. The van der Waals surface area contributed by atoms with Crippen LogP contribution in [-0.4, -0.2) is 47.9 Å². The Labute approximate surface area is 106 Å². The van der Waals surface area contributed by atoms with Crippen LogP contribution in [0.5, 0.6) is 0 Å². The van der Waals surface area contributed by atoms with Crippen molar-refractivity contribution in [2.75, 3.05) is 6.61 Å². The van der Waals surface area contributed by atoms with Gasteiger partial charge in [-0.1, -0.05) is 0 Å². The number of nitrogens with one attached hydrogen (secondary N) is 1. The van der Waals surface area contributed by atoms with E-state index in [1.54, 1.807) is 0 Å². The Hall–Kier alpha value is -1.14. The first kappa shape index (κ1) is 13.3. The van der Waals surface area contributed by atoms with Crippen molar-refractivity contribution in [3.05, 3.63) is 0 Å². The smallest absolute Gasteiger partial charge is 0.332 e. The standard InChI is InChI=1S/C12H19NO5/c1-2-17-8-5-7(6-8)13-11(14)9-3-4-10(18-9)12(15)16/h7-10H,2-6H2,1H3,(H,13,14)(H,15,16)/t7?,8?,9-,10+/m0/s1. The highest BCUT2D eigenvalue weighted by atomic mass is 16.5. The second-order valence-electron chi connectivity index (χ2n) is 4.78. The molecule has 0 radical (unpaired) electrons. The van der Waals surface area contributed by atoms with Gasteiger partial charge in [-0.15, -0.1) is 0 Å². The molecule has 1 saturated carbocycles. The van der Waals surface area contributed by atoms with E-state index in [0.29, 0.717) is 19.4 Å². The maximum Gasteiger partial charge on any atom is 0.332 e. The predicted molar refractivity (Wildman–Crippen MR) is 62.1 cm³/mol. The van der Waals surface area contributed by atoms with Crippen LogP contribution >= 0.6 is 0 Å². The van der Waals surface area contributed by atoms with E-state index >= 15 is 0 Å². The van der Waals surface area contributed by atoms with Gasteiger partial charge in [0.05, 0.1) is 6.10 Å². The summed E-state index contributed by atoms with van der Waals surface area (Å²) in [5, 5.41) is 11.6. The molecule has 2 rings (SSSR count). The fourth-order valence-electron chi connectivity index (χ4n) is 2.36. The van der Waals surface area contributed by atoms with Gasteiger partial charge in [-0.25, -0.2) is 4.79 Å². The summed E-state index contributed by atoms with van der Waals surface area (Å²) in [6.07, 6.45) is 1.33. The lowest BCUT2D eigenvalue weighted by atomic mass is 9.89. The van der Waals surface area contributed by atoms with Crippen molar-refractivity contribution in [2.24, 2.45) is 0 Å². The Morgan fingerprint density at radius 3 is 2.56 bits per heavy atom. The van der Waals surface area contributed by atoms with Crippen molar-refractivity contribution in [3.63, 3.8) is 0 Å². The van der Waals surface area contributed by atoms with Crippen LogP contribution in [-0.2, 0) is 19.1 Å². The molecule has 1 amide bonds.